The maximum absolute atomic E-state index is 13.5. The number of benzene rings is 2. The predicted octanol–water partition coefficient (Wildman–Crippen LogP) is 4.41. The minimum absolute atomic E-state index is 0.0155. The molecule has 0 amide bonds. The third-order valence-electron chi connectivity index (χ3n) is 2.69. The highest BCUT2D eigenvalue weighted by atomic mass is 79.9. The summed E-state index contributed by atoms with van der Waals surface area (Å²) in [6.07, 6.45) is 0.728. The van der Waals surface area contributed by atoms with Gasteiger partial charge in [-0.2, -0.15) is 0 Å². The van der Waals surface area contributed by atoms with E-state index in [0.717, 1.165) is 28.6 Å². The molecule has 2 aromatic rings. The summed E-state index contributed by atoms with van der Waals surface area (Å²) < 4.78 is 32.5. The Morgan fingerprint density at radius 1 is 1.20 bits per heavy atom. The average Bonchev–Trinajstić information content (AvgIpc) is 2.36. The first-order chi connectivity index (χ1) is 9.45. The van der Waals surface area contributed by atoms with Gasteiger partial charge in [0.05, 0.1) is 0 Å². The van der Waals surface area contributed by atoms with Crippen molar-refractivity contribution in [1.82, 2.24) is 0 Å². The van der Waals surface area contributed by atoms with E-state index in [4.69, 9.17) is 10.5 Å². The molecule has 0 fully saturated rings. The van der Waals surface area contributed by atoms with Crippen LogP contribution in [0.25, 0.3) is 0 Å². The number of hydrogen-bond donors (Lipinski definition) is 1. The Morgan fingerprint density at radius 3 is 2.55 bits per heavy atom. The molecule has 1 atom stereocenters. The van der Waals surface area contributed by atoms with E-state index in [-0.39, 0.29) is 11.8 Å². The fraction of sp³-hybridized carbons (Fsp3) is 0.200. The summed E-state index contributed by atoms with van der Waals surface area (Å²) in [6.45, 7) is 1.92. The van der Waals surface area contributed by atoms with Crippen molar-refractivity contribution in [1.29, 1.82) is 0 Å². The highest BCUT2D eigenvalue weighted by molar-refractivity contribution is 9.10. The highest BCUT2D eigenvalue weighted by Gasteiger charge is 2.09. The van der Waals surface area contributed by atoms with Gasteiger partial charge in [0, 0.05) is 16.6 Å². The Morgan fingerprint density at radius 2 is 1.95 bits per heavy atom. The number of halogens is 3. The smallest absolute Gasteiger partial charge is 0.168 e. The van der Waals surface area contributed by atoms with Crippen molar-refractivity contribution in [3.8, 4) is 11.5 Å². The summed E-state index contributed by atoms with van der Waals surface area (Å²) in [5.41, 5.74) is 6.80. The standard InChI is InChI=1S/C15H14BrF2NO/c1-9(19)6-10-2-4-12(8-13(10)16)20-15-5-3-11(17)7-14(15)18/h2-5,7-9H,6,19H2,1H3. The molecule has 106 valence electrons. The van der Waals surface area contributed by atoms with Gasteiger partial charge in [-0.25, -0.2) is 8.78 Å². The molecule has 0 bridgehead atoms. The largest absolute Gasteiger partial charge is 0.454 e. The number of ether oxygens (including phenoxy) is 1. The first-order valence-electron chi connectivity index (χ1n) is 6.12. The second kappa shape index (κ2) is 6.33. The molecule has 2 aromatic carbocycles. The lowest BCUT2D eigenvalue weighted by atomic mass is 10.1. The van der Waals surface area contributed by atoms with Crippen LogP contribution < -0.4 is 10.5 Å². The lowest BCUT2D eigenvalue weighted by Gasteiger charge is -2.11. The van der Waals surface area contributed by atoms with Crippen LogP contribution in [-0.4, -0.2) is 6.04 Å². The van der Waals surface area contributed by atoms with Gasteiger partial charge in [0.2, 0.25) is 0 Å². The van der Waals surface area contributed by atoms with E-state index in [9.17, 15) is 8.78 Å². The summed E-state index contributed by atoms with van der Waals surface area (Å²) in [6, 6.07) is 8.57. The van der Waals surface area contributed by atoms with Crippen LogP contribution in [-0.2, 0) is 6.42 Å². The molecular formula is C15H14BrF2NO. The monoisotopic (exact) mass is 341 g/mol. The van der Waals surface area contributed by atoms with Crippen molar-refractivity contribution in [2.45, 2.75) is 19.4 Å². The van der Waals surface area contributed by atoms with Gasteiger partial charge in [0.15, 0.2) is 11.6 Å². The lowest BCUT2D eigenvalue weighted by molar-refractivity contribution is 0.437. The van der Waals surface area contributed by atoms with Crippen molar-refractivity contribution < 1.29 is 13.5 Å². The van der Waals surface area contributed by atoms with Crippen LogP contribution in [0.3, 0.4) is 0 Å². The van der Waals surface area contributed by atoms with E-state index < -0.39 is 11.6 Å². The molecule has 0 saturated carbocycles. The third kappa shape index (κ3) is 3.77. The van der Waals surface area contributed by atoms with Gasteiger partial charge in [-0.15, -0.1) is 0 Å². The number of rotatable bonds is 4. The summed E-state index contributed by atoms with van der Waals surface area (Å²) in [5.74, 6) is -0.918. The van der Waals surface area contributed by atoms with E-state index in [2.05, 4.69) is 15.9 Å². The molecule has 0 radical (unpaired) electrons. The molecule has 1 unspecified atom stereocenters. The van der Waals surface area contributed by atoms with Gasteiger partial charge >= 0.3 is 0 Å². The maximum atomic E-state index is 13.5. The molecule has 0 aliphatic rings. The normalized spacial score (nSPS) is 12.2. The Kier molecular flexibility index (Phi) is 4.73. The molecular weight excluding hydrogens is 328 g/mol. The number of hydrogen-bond acceptors (Lipinski definition) is 2. The molecule has 0 saturated heterocycles. The molecule has 0 aliphatic carbocycles. The highest BCUT2D eigenvalue weighted by Crippen LogP contribution is 2.29. The minimum Gasteiger partial charge on any atom is -0.454 e. The average molecular weight is 342 g/mol. The predicted molar refractivity (Wildman–Crippen MR) is 77.9 cm³/mol. The Balaban J connectivity index is 2.20. The van der Waals surface area contributed by atoms with E-state index in [0.29, 0.717) is 5.75 Å². The topological polar surface area (TPSA) is 35.2 Å². The van der Waals surface area contributed by atoms with E-state index in [1.807, 2.05) is 13.0 Å². The van der Waals surface area contributed by atoms with Gasteiger partial charge in [-0.05, 0) is 43.2 Å². The SMILES string of the molecule is CC(N)Cc1ccc(Oc2ccc(F)cc2F)cc1Br. The van der Waals surface area contributed by atoms with Crippen molar-refractivity contribution in [2.75, 3.05) is 0 Å². The summed E-state index contributed by atoms with van der Waals surface area (Å²) in [4.78, 5) is 0. The van der Waals surface area contributed by atoms with Crippen molar-refractivity contribution >= 4 is 15.9 Å². The molecule has 0 heterocycles. The fourth-order valence-electron chi connectivity index (χ4n) is 1.79. The zero-order valence-electron chi connectivity index (χ0n) is 10.9. The van der Waals surface area contributed by atoms with Gasteiger partial charge in [-0.1, -0.05) is 22.0 Å². The Hall–Kier alpha value is -1.46. The zero-order valence-corrected chi connectivity index (χ0v) is 12.5. The molecule has 2 N–H and O–H groups in total. The lowest BCUT2D eigenvalue weighted by Crippen LogP contribution is -2.17. The third-order valence-corrected chi connectivity index (χ3v) is 3.43. The van der Waals surface area contributed by atoms with Crippen molar-refractivity contribution in [3.63, 3.8) is 0 Å². The van der Waals surface area contributed by atoms with Crippen molar-refractivity contribution in [2.24, 2.45) is 5.73 Å². The van der Waals surface area contributed by atoms with E-state index in [1.54, 1.807) is 12.1 Å². The molecule has 2 rings (SSSR count). The van der Waals surface area contributed by atoms with E-state index in [1.165, 1.54) is 6.07 Å². The van der Waals surface area contributed by atoms with Gasteiger partial charge in [-0.3, -0.25) is 0 Å². The molecule has 2 nitrogen and oxygen atoms in total. The van der Waals surface area contributed by atoms with Crippen LogP contribution in [0.4, 0.5) is 8.78 Å². The molecule has 0 aliphatic heterocycles. The Bertz CT molecular complexity index is 617. The van der Waals surface area contributed by atoms with Gasteiger partial charge < -0.3 is 10.5 Å². The molecule has 0 spiro atoms. The zero-order chi connectivity index (χ0) is 14.7. The maximum Gasteiger partial charge on any atom is 0.168 e. The number of nitrogens with two attached hydrogens (primary N) is 1. The summed E-state index contributed by atoms with van der Waals surface area (Å²) in [5, 5.41) is 0. The van der Waals surface area contributed by atoms with E-state index >= 15 is 0 Å². The van der Waals surface area contributed by atoms with Crippen LogP contribution in [0.5, 0.6) is 11.5 Å². The Labute approximate surface area is 124 Å². The van der Waals surface area contributed by atoms with Gasteiger partial charge in [0.25, 0.3) is 0 Å². The second-order valence-electron chi connectivity index (χ2n) is 4.61. The van der Waals surface area contributed by atoms with Crippen LogP contribution in [0.1, 0.15) is 12.5 Å². The van der Waals surface area contributed by atoms with Crippen LogP contribution >= 0.6 is 15.9 Å². The quantitative estimate of drug-likeness (QED) is 0.893. The molecule has 5 heteroatoms. The van der Waals surface area contributed by atoms with Crippen LogP contribution in [0.2, 0.25) is 0 Å². The summed E-state index contributed by atoms with van der Waals surface area (Å²) in [7, 11) is 0. The summed E-state index contributed by atoms with van der Waals surface area (Å²) >= 11 is 3.43. The second-order valence-corrected chi connectivity index (χ2v) is 5.47. The molecule has 20 heavy (non-hydrogen) atoms. The molecule has 0 aromatic heterocycles. The van der Waals surface area contributed by atoms with Crippen LogP contribution in [0.15, 0.2) is 40.9 Å². The first-order valence-corrected chi connectivity index (χ1v) is 6.92. The fourth-order valence-corrected chi connectivity index (χ4v) is 2.31. The van der Waals surface area contributed by atoms with Crippen molar-refractivity contribution in [3.05, 3.63) is 58.1 Å². The minimum atomic E-state index is -0.735. The first kappa shape index (κ1) is 14.9. The van der Waals surface area contributed by atoms with Gasteiger partial charge in [0.1, 0.15) is 11.6 Å². The van der Waals surface area contributed by atoms with Crippen LogP contribution in [0, 0.1) is 11.6 Å².